The third-order valence-corrected chi connectivity index (χ3v) is 6.39. The summed E-state index contributed by atoms with van der Waals surface area (Å²) in [5, 5.41) is 20.8. The molecule has 0 heterocycles. The fraction of sp³-hybridized carbons (Fsp3) is 0.222. The normalized spacial score (nSPS) is 11.6. The molecule has 0 spiro atoms. The van der Waals surface area contributed by atoms with E-state index >= 15 is 0 Å². The highest BCUT2D eigenvalue weighted by atomic mass is 35.5. The fourth-order valence-electron chi connectivity index (χ4n) is 3.95. The molecule has 1 amide bonds. The minimum absolute atomic E-state index is 0.00862. The molecule has 3 rings (SSSR count). The number of ether oxygens (including phenoxy) is 1. The lowest BCUT2D eigenvalue weighted by Gasteiger charge is -2.17. The van der Waals surface area contributed by atoms with Gasteiger partial charge in [0.25, 0.3) is 5.91 Å². The SMILES string of the molecule is CCc1cc(C)c(-c2ccc(C[C@H](NC(=O)c3c(Cl)cc(C(=O)O)cc3Cl)C(=O)O)cc2)c(OC)c1. The molecule has 0 fully saturated rings. The van der Waals surface area contributed by atoms with E-state index in [9.17, 15) is 19.5 Å². The Balaban J connectivity index is 1.82. The molecule has 3 N–H and O–H groups in total. The zero-order chi connectivity index (χ0) is 26.6. The molecule has 0 aliphatic carbocycles. The molecule has 0 aliphatic rings. The van der Waals surface area contributed by atoms with Crippen LogP contribution in [-0.4, -0.2) is 41.2 Å². The highest BCUT2D eigenvalue weighted by molar-refractivity contribution is 6.40. The Morgan fingerprint density at radius 1 is 0.972 bits per heavy atom. The second kappa shape index (κ2) is 11.5. The average Bonchev–Trinajstić information content (AvgIpc) is 2.83. The maximum Gasteiger partial charge on any atom is 0.335 e. The predicted octanol–water partition coefficient (Wildman–Crippen LogP) is 5.66. The lowest BCUT2D eigenvalue weighted by atomic mass is 9.94. The van der Waals surface area contributed by atoms with Crippen molar-refractivity contribution in [2.45, 2.75) is 32.7 Å². The molecule has 7 nitrogen and oxygen atoms in total. The summed E-state index contributed by atoms with van der Waals surface area (Å²) in [6, 6.07) is 12.4. The van der Waals surface area contributed by atoms with Crippen molar-refractivity contribution in [3.05, 3.63) is 86.4 Å². The molecule has 3 aromatic carbocycles. The second-order valence-electron chi connectivity index (χ2n) is 8.23. The summed E-state index contributed by atoms with van der Waals surface area (Å²) in [6.45, 7) is 4.09. The van der Waals surface area contributed by atoms with Crippen molar-refractivity contribution in [1.82, 2.24) is 5.32 Å². The number of nitrogens with one attached hydrogen (secondary N) is 1. The van der Waals surface area contributed by atoms with Crippen LogP contribution in [0.5, 0.6) is 5.75 Å². The molecule has 0 aliphatic heterocycles. The lowest BCUT2D eigenvalue weighted by Crippen LogP contribution is -2.42. The monoisotopic (exact) mass is 529 g/mol. The summed E-state index contributed by atoms with van der Waals surface area (Å²) in [5.41, 5.74) is 4.42. The highest BCUT2D eigenvalue weighted by Gasteiger charge is 2.25. The standard InChI is InChI=1S/C27H25Cl2NO6/c1-4-15-9-14(2)23(22(11-15)36-3)17-7-5-16(6-8-17)10-21(27(34)35)30-25(31)24-19(28)12-18(26(32)33)13-20(24)29/h5-9,11-13,21H,4,10H2,1-3H3,(H,30,31)(H,32,33)(H,34,35)/t21-/m0/s1. The lowest BCUT2D eigenvalue weighted by molar-refractivity contribution is -0.139. The number of halogens is 2. The number of carbonyl (C=O) groups is 3. The molecule has 0 saturated carbocycles. The number of amides is 1. The number of hydrogen-bond acceptors (Lipinski definition) is 4. The van der Waals surface area contributed by atoms with Crippen molar-refractivity contribution in [2.75, 3.05) is 7.11 Å². The van der Waals surface area contributed by atoms with Crippen LogP contribution in [0.25, 0.3) is 11.1 Å². The minimum Gasteiger partial charge on any atom is -0.496 e. The summed E-state index contributed by atoms with van der Waals surface area (Å²) >= 11 is 12.1. The minimum atomic E-state index is -1.27. The van der Waals surface area contributed by atoms with Crippen LogP contribution in [0.2, 0.25) is 10.0 Å². The van der Waals surface area contributed by atoms with Crippen molar-refractivity contribution in [3.63, 3.8) is 0 Å². The Kier molecular flexibility index (Phi) is 8.61. The van der Waals surface area contributed by atoms with E-state index in [4.69, 9.17) is 33.0 Å². The Hall–Kier alpha value is -3.55. The van der Waals surface area contributed by atoms with E-state index in [1.807, 2.05) is 25.1 Å². The maximum atomic E-state index is 12.8. The Morgan fingerprint density at radius 3 is 2.08 bits per heavy atom. The molecule has 1 atom stereocenters. The molecule has 0 aromatic heterocycles. The molecule has 36 heavy (non-hydrogen) atoms. The predicted molar refractivity (Wildman–Crippen MR) is 139 cm³/mol. The summed E-state index contributed by atoms with van der Waals surface area (Å²) < 4.78 is 5.60. The van der Waals surface area contributed by atoms with E-state index < -0.39 is 23.9 Å². The van der Waals surface area contributed by atoms with E-state index in [1.54, 1.807) is 19.2 Å². The Bertz CT molecular complexity index is 1300. The van der Waals surface area contributed by atoms with Crippen molar-refractivity contribution in [2.24, 2.45) is 0 Å². The maximum absolute atomic E-state index is 12.8. The first kappa shape index (κ1) is 27.0. The molecule has 0 radical (unpaired) electrons. The molecule has 3 aromatic rings. The zero-order valence-corrected chi connectivity index (χ0v) is 21.4. The van der Waals surface area contributed by atoms with E-state index in [0.717, 1.165) is 41.0 Å². The summed E-state index contributed by atoms with van der Waals surface area (Å²) in [6.07, 6.45) is 0.896. The number of methoxy groups -OCH3 is 1. The molecule has 188 valence electrons. The zero-order valence-electron chi connectivity index (χ0n) is 19.9. The van der Waals surface area contributed by atoms with Gasteiger partial charge in [-0.05, 0) is 53.8 Å². The molecule has 9 heteroatoms. The van der Waals surface area contributed by atoms with Gasteiger partial charge in [0.15, 0.2) is 0 Å². The van der Waals surface area contributed by atoms with Crippen LogP contribution in [0.1, 0.15) is 44.3 Å². The fourth-order valence-corrected chi connectivity index (χ4v) is 4.61. The van der Waals surface area contributed by atoms with E-state index in [0.29, 0.717) is 5.56 Å². The van der Waals surface area contributed by atoms with Gasteiger partial charge in [0, 0.05) is 12.0 Å². The van der Waals surface area contributed by atoms with E-state index in [2.05, 4.69) is 18.3 Å². The Labute approximate surface area is 218 Å². The number of aryl methyl sites for hydroxylation is 2. The first-order valence-electron chi connectivity index (χ1n) is 11.1. The number of aromatic carboxylic acids is 1. The third kappa shape index (κ3) is 5.98. The largest absolute Gasteiger partial charge is 0.496 e. The van der Waals surface area contributed by atoms with Crippen LogP contribution in [-0.2, 0) is 17.6 Å². The quantitative estimate of drug-likeness (QED) is 0.329. The number of carbonyl (C=O) groups excluding carboxylic acids is 1. The van der Waals surface area contributed by atoms with Gasteiger partial charge in [-0.25, -0.2) is 9.59 Å². The Morgan fingerprint density at radius 2 is 1.58 bits per heavy atom. The molecular weight excluding hydrogens is 505 g/mol. The smallest absolute Gasteiger partial charge is 0.335 e. The number of aliphatic carboxylic acids is 1. The number of hydrogen-bond donors (Lipinski definition) is 3. The van der Waals surface area contributed by atoms with Crippen LogP contribution in [0.4, 0.5) is 0 Å². The number of carboxylic acid groups (broad SMARTS) is 2. The van der Waals surface area contributed by atoms with Crippen LogP contribution in [0.3, 0.4) is 0 Å². The van der Waals surface area contributed by atoms with Gasteiger partial charge in [0.05, 0.1) is 28.3 Å². The first-order chi connectivity index (χ1) is 17.0. The number of carboxylic acids is 2. The van der Waals surface area contributed by atoms with Gasteiger partial charge >= 0.3 is 11.9 Å². The van der Waals surface area contributed by atoms with Crippen molar-refractivity contribution >= 4 is 41.0 Å². The summed E-state index contributed by atoms with van der Waals surface area (Å²) in [7, 11) is 1.62. The van der Waals surface area contributed by atoms with Crippen LogP contribution < -0.4 is 10.1 Å². The molecular formula is C27H25Cl2NO6. The molecule has 0 saturated heterocycles. The van der Waals surface area contributed by atoms with Gasteiger partial charge in [-0.2, -0.15) is 0 Å². The van der Waals surface area contributed by atoms with Crippen molar-refractivity contribution in [1.29, 1.82) is 0 Å². The first-order valence-corrected chi connectivity index (χ1v) is 11.8. The van der Waals surface area contributed by atoms with Gasteiger partial charge in [0.2, 0.25) is 0 Å². The van der Waals surface area contributed by atoms with Gasteiger partial charge in [-0.1, -0.05) is 60.5 Å². The van der Waals surface area contributed by atoms with E-state index in [1.165, 1.54) is 5.56 Å². The van der Waals surface area contributed by atoms with Gasteiger partial charge in [0.1, 0.15) is 11.8 Å². The number of rotatable bonds is 9. The van der Waals surface area contributed by atoms with E-state index in [-0.39, 0.29) is 27.6 Å². The average molecular weight is 530 g/mol. The van der Waals surface area contributed by atoms with Gasteiger partial charge in [-0.3, -0.25) is 4.79 Å². The third-order valence-electron chi connectivity index (χ3n) is 5.79. The molecule has 0 unspecified atom stereocenters. The highest BCUT2D eigenvalue weighted by Crippen LogP contribution is 2.35. The van der Waals surface area contributed by atoms with Crippen LogP contribution in [0, 0.1) is 6.92 Å². The topological polar surface area (TPSA) is 113 Å². The van der Waals surface area contributed by atoms with Gasteiger partial charge in [-0.15, -0.1) is 0 Å². The van der Waals surface area contributed by atoms with Crippen molar-refractivity contribution < 1.29 is 29.3 Å². The second-order valence-corrected chi connectivity index (χ2v) is 9.04. The summed E-state index contributed by atoms with van der Waals surface area (Å²) in [4.78, 5) is 35.8. The summed E-state index contributed by atoms with van der Waals surface area (Å²) in [5.74, 6) is -2.55. The van der Waals surface area contributed by atoms with Crippen LogP contribution in [0.15, 0.2) is 48.5 Å². The van der Waals surface area contributed by atoms with Crippen molar-refractivity contribution in [3.8, 4) is 16.9 Å². The number of benzene rings is 3. The molecule has 0 bridgehead atoms. The van der Waals surface area contributed by atoms with Gasteiger partial charge < -0.3 is 20.3 Å². The van der Waals surface area contributed by atoms with Crippen LogP contribution >= 0.6 is 23.2 Å².